The van der Waals surface area contributed by atoms with E-state index in [9.17, 15) is 8.96 Å². The van der Waals surface area contributed by atoms with Gasteiger partial charge in [0, 0.05) is 87.4 Å². The summed E-state index contributed by atoms with van der Waals surface area (Å²) in [6.07, 6.45) is 8.74. The number of likely N-dealkylation sites (tertiary alicyclic amines) is 1. The molecule has 0 saturated carbocycles. The van der Waals surface area contributed by atoms with Gasteiger partial charge >= 0.3 is 0 Å². The molecule has 2 aliphatic heterocycles. The predicted molar refractivity (Wildman–Crippen MR) is 192 cm³/mol. The van der Waals surface area contributed by atoms with Gasteiger partial charge in [0.15, 0.2) is 0 Å². The van der Waals surface area contributed by atoms with E-state index in [2.05, 4.69) is 68.5 Å². The van der Waals surface area contributed by atoms with E-state index in [-0.39, 0.29) is 6.67 Å². The first-order valence-electron chi connectivity index (χ1n) is 15.7. The van der Waals surface area contributed by atoms with Crippen LogP contribution in [0.25, 0.3) is 22.2 Å². The molecule has 2 aromatic carbocycles. The monoisotopic (exact) mass is 734 g/mol. The zero-order valence-electron chi connectivity index (χ0n) is 27.2. The molecular formula is C33H37BrFN10O2P. The van der Waals surface area contributed by atoms with Gasteiger partial charge in [0.25, 0.3) is 0 Å². The number of nitrogens with zero attached hydrogens (tertiary/aromatic N) is 8. The third-order valence-electron chi connectivity index (χ3n) is 9.03. The summed E-state index contributed by atoms with van der Waals surface area (Å²) in [7, 11) is 0.775. The molecule has 0 bridgehead atoms. The van der Waals surface area contributed by atoms with Crippen LogP contribution in [0.15, 0.2) is 59.7 Å². The Labute approximate surface area is 286 Å². The number of alkyl halides is 1. The van der Waals surface area contributed by atoms with Crippen molar-refractivity contribution in [1.82, 2.24) is 34.6 Å². The molecule has 2 saturated heterocycles. The molecule has 5 heterocycles. The van der Waals surface area contributed by atoms with Crippen LogP contribution >= 0.6 is 23.1 Å². The van der Waals surface area contributed by atoms with Crippen LogP contribution in [0.2, 0.25) is 0 Å². The number of aromatic nitrogens is 6. The topological polar surface area (TPSA) is 126 Å². The zero-order valence-corrected chi connectivity index (χ0v) is 29.7. The van der Waals surface area contributed by atoms with E-state index in [0.717, 1.165) is 43.0 Å². The molecule has 12 nitrogen and oxygen atoms in total. The highest BCUT2D eigenvalue weighted by atomic mass is 79.9. The fourth-order valence-electron chi connectivity index (χ4n) is 6.91. The molecule has 2 aliphatic rings. The number of aryl methyl sites for hydroxylation is 1. The third kappa shape index (κ3) is 6.36. The van der Waals surface area contributed by atoms with Crippen LogP contribution in [0.4, 0.5) is 33.2 Å². The summed E-state index contributed by atoms with van der Waals surface area (Å²) in [6, 6.07) is 7.81. The van der Waals surface area contributed by atoms with E-state index in [1.807, 2.05) is 31.6 Å². The fourth-order valence-corrected chi connectivity index (χ4v) is 8.59. The molecule has 2 fully saturated rings. The average molecular weight is 736 g/mol. The fraction of sp³-hybridized carbons (Fsp3) is 0.364. The number of ether oxygens (including phenoxy) is 1. The van der Waals surface area contributed by atoms with Crippen molar-refractivity contribution in [2.45, 2.75) is 0 Å². The lowest BCUT2D eigenvalue weighted by Gasteiger charge is -2.26. The van der Waals surface area contributed by atoms with E-state index >= 15 is 0 Å². The van der Waals surface area contributed by atoms with Gasteiger partial charge in [-0.2, -0.15) is 10.1 Å². The molecule has 250 valence electrons. The Bertz CT molecular complexity index is 2020. The zero-order chi connectivity index (χ0) is 33.6. The number of nitrogens with one attached hydrogen (secondary N) is 2. The van der Waals surface area contributed by atoms with Crippen LogP contribution in [0.5, 0.6) is 5.75 Å². The van der Waals surface area contributed by atoms with Crippen molar-refractivity contribution >= 4 is 68.2 Å². The number of anilines is 5. The summed E-state index contributed by atoms with van der Waals surface area (Å²) in [5, 5.41) is 11.8. The van der Waals surface area contributed by atoms with Gasteiger partial charge < -0.3 is 29.7 Å². The van der Waals surface area contributed by atoms with Crippen molar-refractivity contribution in [3.05, 3.63) is 59.7 Å². The summed E-state index contributed by atoms with van der Waals surface area (Å²) in [5.41, 5.74) is 5.62. The van der Waals surface area contributed by atoms with Crippen molar-refractivity contribution in [2.24, 2.45) is 18.9 Å². The Kier molecular flexibility index (Phi) is 8.82. The maximum absolute atomic E-state index is 13.5. The minimum Gasteiger partial charge on any atom is -0.494 e. The highest BCUT2D eigenvalue weighted by Crippen LogP contribution is 2.44. The van der Waals surface area contributed by atoms with Crippen LogP contribution in [-0.4, -0.2) is 94.5 Å². The third-order valence-corrected chi connectivity index (χ3v) is 11.1. The number of benzene rings is 2. The van der Waals surface area contributed by atoms with E-state index in [1.54, 1.807) is 43.7 Å². The summed E-state index contributed by atoms with van der Waals surface area (Å²) in [5.74, 6) is 2.45. The van der Waals surface area contributed by atoms with Gasteiger partial charge in [0.2, 0.25) is 5.95 Å². The number of fused-ring (bicyclic) bond motifs is 2. The Hall–Kier alpha value is -4.13. The lowest BCUT2D eigenvalue weighted by molar-refractivity contribution is 0.282. The van der Waals surface area contributed by atoms with Gasteiger partial charge in [0.1, 0.15) is 30.9 Å². The maximum Gasteiger partial charge on any atom is 0.229 e. The number of halogens is 2. The highest BCUT2D eigenvalue weighted by molar-refractivity contribution is 9.10. The minimum atomic E-state index is -2.77. The second-order valence-electron chi connectivity index (χ2n) is 12.7. The number of hydrogen-bond acceptors (Lipinski definition) is 11. The van der Waals surface area contributed by atoms with Gasteiger partial charge in [-0.25, -0.2) is 9.37 Å². The normalized spacial score (nSPS) is 18.0. The van der Waals surface area contributed by atoms with Gasteiger partial charge in [0.05, 0.1) is 40.0 Å². The number of rotatable bonds is 10. The Morgan fingerprint density at radius 2 is 1.79 bits per heavy atom. The molecular weight excluding hydrogens is 698 g/mol. The standard InChI is InChI=1S/C33H37BrFN10O2P/c1-43-15-20(13-39-43)23-11-27(29(47-2)12-28(23)45-18-21-16-44(10-7-35)17-22(21)19-45)41-33-38-14-24(34)32(42-33)40-26-6-5-25-30(37-9-8-36-25)31(26)48(3,4)46/h5-6,8-9,11-15,21-22H,7,10,16-19H2,1-4H3,(H2,38,40,41,42). The number of methoxy groups -OCH3 is 1. The van der Waals surface area contributed by atoms with Crippen LogP contribution in [0, 0.1) is 11.8 Å². The quantitative estimate of drug-likeness (QED) is 0.173. The van der Waals surface area contributed by atoms with Crippen LogP contribution in [0.1, 0.15) is 0 Å². The van der Waals surface area contributed by atoms with Gasteiger partial charge in [-0.15, -0.1) is 0 Å². The second kappa shape index (κ2) is 13.1. The summed E-state index contributed by atoms with van der Waals surface area (Å²) < 4.78 is 34.8. The molecule has 5 aromatic rings. The molecule has 3 aromatic heterocycles. The second-order valence-corrected chi connectivity index (χ2v) is 16.7. The lowest BCUT2D eigenvalue weighted by Crippen LogP contribution is -2.30. The van der Waals surface area contributed by atoms with Crippen molar-refractivity contribution in [1.29, 1.82) is 0 Å². The first-order valence-corrected chi connectivity index (χ1v) is 19.1. The molecule has 2 atom stereocenters. The van der Waals surface area contributed by atoms with Crippen molar-refractivity contribution in [2.75, 3.05) is 75.4 Å². The van der Waals surface area contributed by atoms with Crippen molar-refractivity contribution in [3.63, 3.8) is 0 Å². The molecule has 15 heteroatoms. The number of hydrogen-bond donors (Lipinski definition) is 2. The average Bonchev–Trinajstić information content (AvgIpc) is 3.77. The first kappa shape index (κ1) is 32.4. The molecule has 2 N–H and O–H groups in total. The van der Waals surface area contributed by atoms with Gasteiger partial charge in [-0.05, 0) is 59.3 Å². The molecule has 0 amide bonds. The maximum atomic E-state index is 13.5. The van der Waals surface area contributed by atoms with Gasteiger partial charge in [-0.1, -0.05) is 0 Å². The Morgan fingerprint density at radius 3 is 2.48 bits per heavy atom. The minimum absolute atomic E-state index is 0.307. The first-order chi connectivity index (χ1) is 23.1. The van der Waals surface area contributed by atoms with E-state index in [4.69, 9.17) is 9.72 Å². The predicted octanol–water partition coefficient (Wildman–Crippen LogP) is 5.66. The van der Waals surface area contributed by atoms with Crippen LogP contribution < -0.4 is 25.6 Å². The van der Waals surface area contributed by atoms with Crippen molar-refractivity contribution < 1.29 is 13.7 Å². The molecule has 48 heavy (non-hydrogen) atoms. The molecule has 0 radical (unpaired) electrons. The van der Waals surface area contributed by atoms with E-state index in [0.29, 0.717) is 68.1 Å². The highest BCUT2D eigenvalue weighted by Gasteiger charge is 2.40. The SMILES string of the molecule is COc1cc(N2CC3CN(CCF)CC3C2)c(-c2cnn(C)c2)cc1Nc1ncc(Br)c(Nc2ccc3nccnc3c2P(C)(C)=O)n1. The summed E-state index contributed by atoms with van der Waals surface area (Å²) in [6.45, 7) is 7.27. The molecule has 7 rings (SSSR count). The summed E-state index contributed by atoms with van der Waals surface area (Å²) in [4.78, 5) is 22.9. The molecule has 2 unspecified atom stereocenters. The largest absolute Gasteiger partial charge is 0.494 e. The summed E-state index contributed by atoms with van der Waals surface area (Å²) >= 11 is 3.58. The van der Waals surface area contributed by atoms with Crippen LogP contribution in [-0.2, 0) is 11.6 Å². The molecule has 0 aliphatic carbocycles. The lowest BCUT2D eigenvalue weighted by atomic mass is 10.0. The Balaban J connectivity index is 1.22. The van der Waals surface area contributed by atoms with E-state index in [1.165, 1.54) is 0 Å². The van der Waals surface area contributed by atoms with E-state index < -0.39 is 7.14 Å². The van der Waals surface area contributed by atoms with Gasteiger partial charge in [-0.3, -0.25) is 14.6 Å². The van der Waals surface area contributed by atoms with Crippen molar-refractivity contribution in [3.8, 4) is 16.9 Å². The van der Waals surface area contributed by atoms with Crippen LogP contribution in [0.3, 0.4) is 0 Å². The smallest absolute Gasteiger partial charge is 0.229 e. The Morgan fingerprint density at radius 1 is 1.02 bits per heavy atom. The molecule has 0 spiro atoms.